The van der Waals surface area contributed by atoms with Crippen LogP contribution in [0.2, 0.25) is 0 Å². The Hall–Kier alpha value is -1.99. The number of ether oxygens (including phenoxy) is 1. The number of nitrogens with one attached hydrogen (secondary N) is 1. The van der Waals surface area contributed by atoms with Crippen molar-refractivity contribution in [2.45, 2.75) is 19.1 Å². The maximum absolute atomic E-state index is 12.4. The Bertz CT molecular complexity index is 654. The number of hydrogen-bond donors (Lipinski definition) is 2. The lowest BCUT2D eigenvalue weighted by atomic mass is 10.2. The van der Waals surface area contributed by atoms with Crippen LogP contribution in [0.3, 0.4) is 0 Å². The lowest BCUT2D eigenvalue weighted by molar-refractivity contribution is 0.0215. The van der Waals surface area contributed by atoms with Gasteiger partial charge in [0.15, 0.2) is 5.65 Å². The van der Waals surface area contributed by atoms with Crippen LogP contribution >= 0.6 is 0 Å². The molecule has 7 heteroatoms. The number of likely N-dealkylation sites (tertiary alicyclic amines) is 1. The second kappa shape index (κ2) is 4.84. The van der Waals surface area contributed by atoms with Gasteiger partial charge >= 0.3 is 0 Å². The normalized spacial score (nSPS) is 22.6. The Kier molecular flexibility index (Phi) is 3.15. The fraction of sp³-hybridized carbons (Fsp3) is 0.462. The monoisotopic (exact) mass is 276 g/mol. The number of carbonyl (C=O) groups excluding carboxylic acids is 1. The van der Waals surface area contributed by atoms with E-state index in [1.807, 2.05) is 6.92 Å². The molecular weight excluding hydrogens is 260 g/mol. The number of β-amino-alcohol motifs (C(OH)–C–C–N with tert-alkyl or cyclic N) is 1. The Morgan fingerprint density at radius 3 is 3.05 bits per heavy atom. The molecule has 0 radical (unpaired) electrons. The molecule has 0 aromatic carbocycles. The van der Waals surface area contributed by atoms with Gasteiger partial charge in [0.25, 0.3) is 5.91 Å². The van der Waals surface area contributed by atoms with Crippen molar-refractivity contribution in [1.82, 2.24) is 20.1 Å². The first kappa shape index (κ1) is 13.0. The zero-order chi connectivity index (χ0) is 14.3. The van der Waals surface area contributed by atoms with E-state index in [9.17, 15) is 9.90 Å². The first-order chi connectivity index (χ1) is 9.60. The van der Waals surface area contributed by atoms with Gasteiger partial charge < -0.3 is 14.7 Å². The predicted molar refractivity (Wildman–Crippen MR) is 71.3 cm³/mol. The molecule has 106 valence electrons. The highest BCUT2D eigenvalue weighted by molar-refractivity contribution is 5.97. The quantitative estimate of drug-likeness (QED) is 0.811. The van der Waals surface area contributed by atoms with Crippen LogP contribution in [0.25, 0.3) is 11.0 Å². The van der Waals surface area contributed by atoms with Gasteiger partial charge in [-0.3, -0.25) is 9.89 Å². The number of methoxy groups -OCH3 is 1. The largest absolute Gasteiger partial charge is 0.388 e. The molecule has 2 aromatic heterocycles. The number of H-pyrrole nitrogens is 1. The molecule has 7 nitrogen and oxygen atoms in total. The standard InChI is InChI=1S/C13H16N4O3/c1-7-9-3-8(4-14-12(9)16-15-7)13(19)17-5-10(18)11(6-17)20-2/h3-4,10-11,18H,5-6H2,1-2H3,(H,14,15,16)/t10-,11-/m1/s1. The van der Waals surface area contributed by atoms with Crippen LogP contribution in [0.1, 0.15) is 16.1 Å². The summed E-state index contributed by atoms with van der Waals surface area (Å²) in [4.78, 5) is 18.2. The molecule has 1 fully saturated rings. The molecule has 20 heavy (non-hydrogen) atoms. The highest BCUT2D eigenvalue weighted by atomic mass is 16.5. The van der Waals surface area contributed by atoms with E-state index in [4.69, 9.17) is 4.74 Å². The molecule has 2 N–H and O–H groups in total. The van der Waals surface area contributed by atoms with E-state index in [0.29, 0.717) is 17.8 Å². The van der Waals surface area contributed by atoms with E-state index in [-0.39, 0.29) is 18.6 Å². The van der Waals surface area contributed by atoms with E-state index in [1.165, 1.54) is 13.3 Å². The maximum Gasteiger partial charge on any atom is 0.255 e. The molecule has 3 rings (SSSR count). The molecule has 2 aromatic rings. The number of aliphatic hydroxyl groups excluding tert-OH is 1. The van der Waals surface area contributed by atoms with Gasteiger partial charge in [-0.1, -0.05) is 0 Å². The molecule has 0 saturated carbocycles. The molecule has 3 heterocycles. The number of aliphatic hydroxyl groups is 1. The van der Waals surface area contributed by atoms with Gasteiger partial charge in [-0.25, -0.2) is 4.98 Å². The van der Waals surface area contributed by atoms with E-state index in [0.717, 1.165) is 11.1 Å². The number of nitrogens with zero attached hydrogens (tertiary/aromatic N) is 3. The number of pyridine rings is 1. The van der Waals surface area contributed by atoms with Crippen molar-refractivity contribution in [3.8, 4) is 0 Å². The Morgan fingerprint density at radius 1 is 1.55 bits per heavy atom. The van der Waals surface area contributed by atoms with Crippen LogP contribution in [-0.2, 0) is 4.74 Å². The van der Waals surface area contributed by atoms with E-state index in [2.05, 4.69) is 15.2 Å². The SMILES string of the molecule is CO[C@@H]1CN(C(=O)c2cnc3n[nH]c(C)c3c2)C[C@H]1O. The molecule has 1 saturated heterocycles. The van der Waals surface area contributed by atoms with E-state index < -0.39 is 6.10 Å². The van der Waals surface area contributed by atoms with Crippen molar-refractivity contribution in [2.75, 3.05) is 20.2 Å². The molecule has 0 spiro atoms. The van der Waals surface area contributed by atoms with Crippen LogP contribution < -0.4 is 0 Å². The summed E-state index contributed by atoms with van der Waals surface area (Å²) < 4.78 is 5.14. The minimum atomic E-state index is -0.642. The highest BCUT2D eigenvalue weighted by Crippen LogP contribution is 2.19. The third-order valence-corrected chi connectivity index (χ3v) is 3.67. The summed E-state index contributed by atoms with van der Waals surface area (Å²) in [5.74, 6) is -0.154. The number of aromatic nitrogens is 3. The summed E-state index contributed by atoms with van der Waals surface area (Å²) in [6.07, 6.45) is 0.542. The summed E-state index contributed by atoms with van der Waals surface area (Å²) in [6.45, 7) is 2.55. The lowest BCUT2D eigenvalue weighted by Crippen LogP contribution is -2.30. The van der Waals surface area contributed by atoms with Gasteiger partial charge in [0.2, 0.25) is 0 Å². The fourth-order valence-corrected chi connectivity index (χ4v) is 2.47. The van der Waals surface area contributed by atoms with Crippen LogP contribution in [-0.4, -0.2) is 63.5 Å². The minimum Gasteiger partial charge on any atom is -0.388 e. The summed E-state index contributed by atoms with van der Waals surface area (Å²) in [5, 5.41) is 17.5. The molecule has 1 amide bonds. The molecule has 0 unspecified atom stereocenters. The van der Waals surface area contributed by atoms with Crippen LogP contribution in [0.4, 0.5) is 0 Å². The number of aryl methyl sites for hydroxylation is 1. The van der Waals surface area contributed by atoms with Gasteiger partial charge in [0.05, 0.1) is 11.7 Å². The number of rotatable bonds is 2. The third-order valence-electron chi connectivity index (χ3n) is 3.67. The van der Waals surface area contributed by atoms with Crippen molar-refractivity contribution in [3.63, 3.8) is 0 Å². The highest BCUT2D eigenvalue weighted by Gasteiger charge is 2.34. The Labute approximate surface area is 115 Å². The summed E-state index contributed by atoms with van der Waals surface area (Å²) in [5.41, 5.74) is 1.96. The average molecular weight is 276 g/mol. The first-order valence-corrected chi connectivity index (χ1v) is 6.41. The van der Waals surface area contributed by atoms with Crippen molar-refractivity contribution in [2.24, 2.45) is 0 Å². The maximum atomic E-state index is 12.4. The lowest BCUT2D eigenvalue weighted by Gasteiger charge is -2.15. The zero-order valence-electron chi connectivity index (χ0n) is 11.3. The third kappa shape index (κ3) is 2.04. The van der Waals surface area contributed by atoms with Gasteiger partial charge in [-0.15, -0.1) is 0 Å². The van der Waals surface area contributed by atoms with Crippen molar-refractivity contribution in [3.05, 3.63) is 23.5 Å². The Morgan fingerprint density at radius 2 is 2.35 bits per heavy atom. The van der Waals surface area contributed by atoms with Crippen LogP contribution in [0, 0.1) is 6.92 Å². The van der Waals surface area contributed by atoms with Crippen molar-refractivity contribution >= 4 is 16.9 Å². The Balaban J connectivity index is 1.87. The number of amides is 1. The van der Waals surface area contributed by atoms with Gasteiger partial charge in [-0.05, 0) is 13.0 Å². The zero-order valence-corrected chi connectivity index (χ0v) is 11.3. The molecule has 1 aliphatic heterocycles. The smallest absolute Gasteiger partial charge is 0.255 e. The van der Waals surface area contributed by atoms with Gasteiger partial charge in [0, 0.05) is 37.5 Å². The summed E-state index contributed by atoms with van der Waals surface area (Å²) >= 11 is 0. The fourth-order valence-electron chi connectivity index (χ4n) is 2.47. The number of fused-ring (bicyclic) bond motifs is 1. The predicted octanol–water partition coefficient (Wildman–Crippen LogP) is 0.0980. The molecule has 0 bridgehead atoms. The minimum absolute atomic E-state index is 0.154. The summed E-state index contributed by atoms with van der Waals surface area (Å²) in [6, 6.07) is 1.77. The number of carbonyl (C=O) groups is 1. The molecule has 2 atom stereocenters. The second-order valence-electron chi connectivity index (χ2n) is 5.00. The second-order valence-corrected chi connectivity index (χ2v) is 5.00. The van der Waals surface area contributed by atoms with Crippen molar-refractivity contribution < 1.29 is 14.6 Å². The summed E-state index contributed by atoms with van der Waals surface area (Å²) in [7, 11) is 1.53. The van der Waals surface area contributed by atoms with Crippen LogP contribution in [0.5, 0.6) is 0 Å². The average Bonchev–Trinajstić information content (AvgIpc) is 3.01. The number of hydrogen-bond acceptors (Lipinski definition) is 5. The van der Waals surface area contributed by atoms with Crippen LogP contribution in [0.15, 0.2) is 12.3 Å². The van der Waals surface area contributed by atoms with Gasteiger partial charge in [0.1, 0.15) is 6.10 Å². The van der Waals surface area contributed by atoms with Gasteiger partial charge in [-0.2, -0.15) is 5.10 Å². The number of aromatic amines is 1. The van der Waals surface area contributed by atoms with E-state index >= 15 is 0 Å². The first-order valence-electron chi connectivity index (χ1n) is 6.41. The molecule has 1 aliphatic rings. The molecular formula is C13H16N4O3. The topological polar surface area (TPSA) is 91.3 Å². The van der Waals surface area contributed by atoms with Crippen molar-refractivity contribution in [1.29, 1.82) is 0 Å². The molecule has 0 aliphatic carbocycles. The van der Waals surface area contributed by atoms with E-state index in [1.54, 1.807) is 11.0 Å².